The van der Waals surface area contributed by atoms with Crippen LogP contribution in [-0.2, 0) is 16.6 Å². The number of carbonyl (C=O) groups excluding carboxylic acids is 2. The van der Waals surface area contributed by atoms with Gasteiger partial charge in [0.1, 0.15) is 6.54 Å². The predicted octanol–water partition coefficient (Wildman–Crippen LogP) is -0.212. The van der Waals surface area contributed by atoms with E-state index in [1.165, 1.54) is 0 Å². The van der Waals surface area contributed by atoms with Crippen molar-refractivity contribution in [2.75, 3.05) is 44.7 Å². The van der Waals surface area contributed by atoms with Gasteiger partial charge in [-0.25, -0.2) is 0 Å². The summed E-state index contributed by atoms with van der Waals surface area (Å²) < 4.78 is 1.69. The topological polar surface area (TPSA) is 94.9 Å². The number of rotatable bonds is 5. The summed E-state index contributed by atoms with van der Waals surface area (Å²) in [4.78, 5) is 32.0. The van der Waals surface area contributed by atoms with Crippen LogP contribution in [0.15, 0.2) is 17.4 Å². The zero-order valence-electron chi connectivity index (χ0n) is 15.1. The highest BCUT2D eigenvalue weighted by Gasteiger charge is 2.29. The van der Waals surface area contributed by atoms with Gasteiger partial charge in [0.05, 0.1) is 11.9 Å². The van der Waals surface area contributed by atoms with Crippen molar-refractivity contribution < 1.29 is 9.59 Å². The van der Waals surface area contributed by atoms with Crippen LogP contribution in [0.3, 0.4) is 0 Å². The smallest absolute Gasteiger partial charge is 0.246 e. The lowest BCUT2D eigenvalue weighted by molar-refractivity contribution is -0.122. The third-order valence-corrected chi connectivity index (χ3v) is 4.39. The first-order valence-corrected chi connectivity index (χ1v) is 8.61. The van der Waals surface area contributed by atoms with Crippen LogP contribution in [0.25, 0.3) is 0 Å². The van der Waals surface area contributed by atoms with Crippen LogP contribution in [0.5, 0.6) is 0 Å². The van der Waals surface area contributed by atoms with E-state index in [-0.39, 0.29) is 48.3 Å². The maximum absolute atomic E-state index is 12.4. The van der Waals surface area contributed by atoms with Crippen LogP contribution in [-0.4, -0.2) is 72.2 Å². The molecular weight excluding hydrogens is 449 g/mol. The lowest BCUT2D eigenvalue weighted by Gasteiger charge is -2.35. The maximum atomic E-state index is 12.4. The number of anilines is 1. The number of amides is 2. The standard InChI is InChI=1S/C16H25N7O2.HI/c1-17-16(19-6-5-18-15(25)12-3-4-12)22-7-8-23(14(24)11-22)13-9-20-21(2)10-13;/h9-10,12H,3-8,11H2,1-2H3,(H,17,19)(H,18,25);1H. The van der Waals surface area contributed by atoms with Gasteiger partial charge in [-0.1, -0.05) is 0 Å². The quantitative estimate of drug-likeness (QED) is 0.266. The van der Waals surface area contributed by atoms with Crippen molar-refractivity contribution >= 4 is 47.4 Å². The van der Waals surface area contributed by atoms with Crippen LogP contribution < -0.4 is 15.5 Å². The SMILES string of the molecule is CN=C(NCCNC(=O)C1CC1)N1CCN(c2cnn(C)c2)C(=O)C1.I. The van der Waals surface area contributed by atoms with E-state index in [0.717, 1.165) is 18.5 Å². The van der Waals surface area contributed by atoms with Gasteiger partial charge in [0, 0.05) is 52.4 Å². The fourth-order valence-electron chi connectivity index (χ4n) is 2.86. The summed E-state index contributed by atoms with van der Waals surface area (Å²) in [5.74, 6) is 1.05. The molecule has 2 aliphatic rings. The lowest BCUT2D eigenvalue weighted by Crippen LogP contribution is -2.56. The minimum absolute atomic E-state index is 0. The van der Waals surface area contributed by atoms with E-state index in [1.807, 2.05) is 18.1 Å². The molecule has 2 amide bonds. The Morgan fingerprint density at radius 1 is 1.31 bits per heavy atom. The predicted molar refractivity (Wildman–Crippen MR) is 110 cm³/mol. The molecule has 2 fully saturated rings. The van der Waals surface area contributed by atoms with Gasteiger partial charge in [0.25, 0.3) is 0 Å². The minimum Gasteiger partial charge on any atom is -0.354 e. The number of aliphatic imine (C=N–C) groups is 1. The highest BCUT2D eigenvalue weighted by atomic mass is 127. The Hall–Kier alpha value is -1.85. The van der Waals surface area contributed by atoms with E-state index >= 15 is 0 Å². The summed E-state index contributed by atoms with van der Waals surface area (Å²) in [6.45, 7) is 2.68. The van der Waals surface area contributed by atoms with E-state index in [0.29, 0.717) is 32.1 Å². The van der Waals surface area contributed by atoms with Gasteiger partial charge in [-0.2, -0.15) is 5.10 Å². The summed E-state index contributed by atoms with van der Waals surface area (Å²) in [5.41, 5.74) is 0.817. The maximum Gasteiger partial charge on any atom is 0.246 e. The highest BCUT2D eigenvalue weighted by molar-refractivity contribution is 14.0. The molecule has 2 N–H and O–H groups in total. The molecule has 26 heavy (non-hydrogen) atoms. The van der Waals surface area contributed by atoms with Crippen LogP contribution in [0.2, 0.25) is 0 Å². The van der Waals surface area contributed by atoms with Crippen LogP contribution >= 0.6 is 24.0 Å². The average molecular weight is 475 g/mol. The normalized spacial score (nSPS) is 17.8. The van der Waals surface area contributed by atoms with Crippen LogP contribution in [0, 0.1) is 5.92 Å². The monoisotopic (exact) mass is 475 g/mol. The number of guanidine groups is 1. The van der Waals surface area contributed by atoms with Crippen molar-refractivity contribution in [3.8, 4) is 0 Å². The number of hydrogen-bond donors (Lipinski definition) is 2. The molecule has 1 aliphatic heterocycles. The third kappa shape index (κ3) is 5.08. The number of hydrogen-bond acceptors (Lipinski definition) is 4. The van der Waals surface area contributed by atoms with Crippen molar-refractivity contribution in [1.29, 1.82) is 0 Å². The molecule has 3 rings (SSSR count). The van der Waals surface area contributed by atoms with E-state index in [4.69, 9.17) is 0 Å². The second-order valence-corrected chi connectivity index (χ2v) is 6.38. The zero-order chi connectivity index (χ0) is 17.8. The first-order chi connectivity index (χ1) is 12.1. The lowest BCUT2D eigenvalue weighted by atomic mass is 10.3. The van der Waals surface area contributed by atoms with Gasteiger partial charge >= 0.3 is 0 Å². The van der Waals surface area contributed by atoms with Crippen molar-refractivity contribution in [1.82, 2.24) is 25.3 Å². The average Bonchev–Trinajstić information content (AvgIpc) is 3.36. The highest BCUT2D eigenvalue weighted by Crippen LogP contribution is 2.28. The van der Waals surface area contributed by atoms with Gasteiger partial charge < -0.3 is 20.4 Å². The third-order valence-electron chi connectivity index (χ3n) is 4.39. The van der Waals surface area contributed by atoms with E-state index in [9.17, 15) is 9.59 Å². The van der Waals surface area contributed by atoms with Gasteiger partial charge in [-0.05, 0) is 12.8 Å². The molecule has 0 aromatic carbocycles. The number of aromatic nitrogens is 2. The van der Waals surface area contributed by atoms with Crippen molar-refractivity contribution in [2.45, 2.75) is 12.8 Å². The van der Waals surface area contributed by atoms with Gasteiger partial charge in [0.15, 0.2) is 5.96 Å². The molecule has 144 valence electrons. The van der Waals surface area contributed by atoms with Crippen LogP contribution in [0.1, 0.15) is 12.8 Å². The largest absolute Gasteiger partial charge is 0.354 e. The summed E-state index contributed by atoms with van der Waals surface area (Å²) in [7, 11) is 3.53. The summed E-state index contributed by atoms with van der Waals surface area (Å²) in [6, 6.07) is 0. The molecule has 0 radical (unpaired) electrons. The number of aryl methyl sites for hydroxylation is 1. The van der Waals surface area contributed by atoms with E-state index in [1.54, 1.807) is 22.8 Å². The Bertz CT molecular complexity index is 671. The fourth-order valence-corrected chi connectivity index (χ4v) is 2.86. The van der Waals surface area contributed by atoms with Gasteiger partial charge in [0.2, 0.25) is 11.8 Å². The van der Waals surface area contributed by atoms with Gasteiger partial charge in [-0.15, -0.1) is 24.0 Å². The first-order valence-electron chi connectivity index (χ1n) is 8.61. The second kappa shape index (κ2) is 9.19. The van der Waals surface area contributed by atoms with E-state index < -0.39 is 0 Å². The van der Waals surface area contributed by atoms with Gasteiger partial charge in [-0.3, -0.25) is 19.3 Å². The molecule has 1 aromatic heterocycles. The number of halogens is 1. The minimum atomic E-state index is 0. The molecular formula is C16H26IN7O2. The fraction of sp³-hybridized carbons (Fsp3) is 0.625. The van der Waals surface area contributed by atoms with Crippen molar-refractivity contribution in [2.24, 2.45) is 18.0 Å². The van der Waals surface area contributed by atoms with Crippen molar-refractivity contribution in [3.63, 3.8) is 0 Å². The Morgan fingerprint density at radius 3 is 2.62 bits per heavy atom. The molecule has 0 unspecified atom stereocenters. The Morgan fingerprint density at radius 2 is 2.04 bits per heavy atom. The molecule has 0 atom stereocenters. The summed E-state index contributed by atoms with van der Waals surface area (Å²) >= 11 is 0. The first kappa shape index (κ1) is 20.5. The zero-order valence-corrected chi connectivity index (χ0v) is 17.5. The molecule has 1 aliphatic carbocycles. The van der Waals surface area contributed by atoms with Crippen LogP contribution in [0.4, 0.5) is 5.69 Å². The second-order valence-electron chi connectivity index (χ2n) is 6.38. The molecule has 2 heterocycles. The molecule has 1 saturated heterocycles. The number of nitrogens with zero attached hydrogens (tertiary/aromatic N) is 5. The Labute approximate surface area is 170 Å². The summed E-state index contributed by atoms with van der Waals surface area (Å²) in [6.07, 6.45) is 5.54. The number of piperazine rings is 1. The Balaban J connectivity index is 0.00000243. The molecule has 0 bridgehead atoms. The number of nitrogens with one attached hydrogen (secondary N) is 2. The Kier molecular flexibility index (Phi) is 7.23. The summed E-state index contributed by atoms with van der Waals surface area (Å²) in [5, 5.41) is 10.2. The molecule has 1 saturated carbocycles. The van der Waals surface area contributed by atoms with Crippen molar-refractivity contribution in [3.05, 3.63) is 12.4 Å². The molecule has 1 aromatic rings. The number of carbonyl (C=O) groups is 2. The molecule has 10 heteroatoms. The molecule has 0 spiro atoms. The molecule has 9 nitrogen and oxygen atoms in total. The van der Waals surface area contributed by atoms with E-state index in [2.05, 4.69) is 20.7 Å².